The Morgan fingerprint density at radius 1 is 1.21 bits per heavy atom. The van der Waals surface area contributed by atoms with Crippen molar-refractivity contribution in [3.63, 3.8) is 0 Å². The van der Waals surface area contributed by atoms with Crippen molar-refractivity contribution in [3.05, 3.63) is 0 Å². The van der Waals surface area contributed by atoms with Crippen molar-refractivity contribution in [2.75, 3.05) is 19.6 Å². The highest BCUT2D eigenvalue weighted by Crippen LogP contribution is 2.32. The number of likely N-dealkylation sites (N-methyl/N-ethyl adjacent to an activating group) is 1. The average molecular weight is 268 g/mol. The molecule has 2 fully saturated rings. The third kappa shape index (κ3) is 3.69. The maximum absolute atomic E-state index is 12.0. The summed E-state index contributed by atoms with van der Waals surface area (Å²) in [7, 11) is 0. The number of carboxylic acids is 1. The van der Waals surface area contributed by atoms with Gasteiger partial charge in [0.1, 0.15) is 0 Å². The molecule has 2 N–H and O–H groups in total. The van der Waals surface area contributed by atoms with Crippen molar-refractivity contribution < 1.29 is 14.7 Å². The molecule has 108 valence electrons. The van der Waals surface area contributed by atoms with Gasteiger partial charge in [-0.25, -0.2) is 0 Å². The monoisotopic (exact) mass is 268 g/mol. The maximum Gasteiger partial charge on any atom is 0.307 e. The minimum Gasteiger partial charge on any atom is -0.481 e. The van der Waals surface area contributed by atoms with Crippen LogP contribution in [0.5, 0.6) is 0 Å². The number of hydrogen-bond donors (Lipinski definition) is 2. The van der Waals surface area contributed by atoms with Gasteiger partial charge in [-0.2, -0.15) is 0 Å². The van der Waals surface area contributed by atoms with Crippen molar-refractivity contribution in [1.82, 2.24) is 10.2 Å². The molecule has 2 rings (SSSR count). The highest BCUT2D eigenvalue weighted by molar-refractivity contribution is 5.85. The van der Waals surface area contributed by atoms with Gasteiger partial charge in [0.25, 0.3) is 0 Å². The van der Waals surface area contributed by atoms with E-state index in [9.17, 15) is 9.59 Å². The second-order valence-electron chi connectivity index (χ2n) is 5.63. The maximum atomic E-state index is 12.0. The van der Waals surface area contributed by atoms with E-state index in [0.717, 1.165) is 19.5 Å². The molecule has 0 heterocycles. The summed E-state index contributed by atoms with van der Waals surface area (Å²) in [4.78, 5) is 25.5. The van der Waals surface area contributed by atoms with E-state index in [4.69, 9.17) is 5.11 Å². The molecule has 0 unspecified atom stereocenters. The Kier molecular flexibility index (Phi) is 4.80. The number of nitrogens with one attached hydrogen (secondary N) is 1. The molecule has 0 spiro atoms. The molecule has 0 aliphatic heterocycles. The molecule has 2 aliphatic rings. The zero-order chi connectivity index (χ0) is 13.8. The third-order valence-corrected chi connectivity index (χ3v) is 4.34. The van der Waals surface area contributed by atoms with Crippen LogP contribution in [0.3, 0.4) is 0 Å². The van der Waals surface area contributed by atoms with Crippen LogP contribution in [0.1, 0.15) is 39.0 Å². The highest BCUT2D eigenvalue weighted by atomic mass is 16.4. The van der Waals surface area contributed by atoms with Gasteiger partial charge in [0.2, 0.25) is 5.91 Å². The van der Waals surface area contributed by atoms with Crippen LogP contribution in [0.25, 0.3) is 0 Å². The van der Waals surface area contributed by atoms with Crippen molar-refractivity contribution in [1.29, 1.82) is 0 Å². The van der Waals surface area contributed by atoms with E-state index in [0.29, 0.717) is 25.4 Å². The van der Waals surface area contributed by atoms with Crippen LogP contribution >= 0.6 is 0 Å². The number of aliphatic carboxylic acids is 1. The molecule has 0 aromatic heterocycles. The first-order valence-corrected chi connectivity index (χ1v) is 7.38. The first-order chi connectivity index (χ1) is 9.13. The van der Waals surface area contributed by atoms with Crippen molar-refractivity contribution >= 4 is 11.9 Å². The Labute approximate surface area is 114 Å². The average Bonchev–Trinajstić information content (AvgIpc) is 3.09. The minimum atomic E-state index is -0.828. The zero-order valence-corrected chi connectivity index (χ0v) is 11.6. The fourth-order valence-corrected chi connectivity index (χ4v) is 3.06. The van der Waals surface area contributed by atoms with Gasteiger partial charge in [-0.1, -0.05) is 13.3 Å². The Morgan fingerprint density at radius 2 is 1.89 bits per heavy atom. The number of nitrogens with zero attached hydrogens (tertiary/aromatic N) is 1. The van der Waals surface area contributed by atoms with Crippen LogP contribution in [0, 0.1) is 11.8 Å². The van der Waals surface area contributed by atoms with Gasteiger partial charge in [-0.05, 0) is 32.2 Å². The molecular weight excluding hydrogens is 244 g/mol. The van der Waals surface area contributed by atoms with E-state index in [1.807, 2.05) is 0 Å². The highest BCUT2D eigenvalue weighted by Gasteiger charge is 2.37. The number of rotatable bonds is 7. The normalized spacial score (nSPS) is 26.6. The molecule has 0 bridgehead atoms. The fraction of sp³-hybridized carbons (Fsp3) is 0.857. The molecule has 0 aromatic rings. The van der Waals surface area contributed by atoms with Gasteiger partial charge in [0, 0.05) is 19.1 Å². The van der Waals surface area contributed by atoms with Gasteiger partial charge >= 0.3 is 5.97 Å². The second-order valence-corrected chi connectivity index (χ2v) is 5.63. The molecule has 0 aromatic carbocycles. The lowest BCUT2D eigenvalue weighted by Crippen LogP contribution is -2.40. The molecule has 0 radical (unpaired) electrons. The Balaban J connectivity index is 1.73. The van der Waals surface area contributed by atoms with Gasteiger partial charge in [-0.3, -0.25) is 14.5 Å². The first-order valence-electron chi connectivity index (χ1n) is 7.38. The van der Waals surface area contributed by atoms with Gasteiger partial charge < -0.3 is 10.4 Å². The van der Waals surface area contributed by atoms with Crippen LogP contribution in [0.4, 0.5) is 0 Å². The molecule has 5 heteroatoms. The topological polar surface area (TPSA) is 69.6 Å². The minimum absolute atomic E-state index is 0.0725. The van der Waals surface area contributed by atoms with Gasteiger partial charge in [-0.15, -0.1) is 0 Å². The standard InChI is InChI=1S/C14H24N2O3/c1-2-16(10-6-7-10)9-8-15-13(17)11-4-3-5-12(11)14(18)19/h10-12H,2-9H2,1H3,(H,15,17)(H,18,19)/t11-,12+/m1/s1. The molecule has 2 aliphatic carbocycles. The van der Waals surface area contributed by atoms with Crippen LogP contribution < -0.4 is 5.32 Å². The molecule has 2 atom stereocenters. The fourth-order valence-electron chi connectivity index (χ4n) is 3.06. The molecular formula is C14H24N2O3. The molecule has 0 saturated heterocycles. The molecule has 1 amide bonds. The van der Waals surface area contributed by atoms with Crippen LogP contribution in [-0.2, 0) is 9.59 Å². The predicted molar refractivity (Wildman–Crippen MR) is 71.7 cm³/mol. The van der Waals surface area contributed by atoms with Crippen LogP contribution in [0.2, 0.25) is 0 Å². The molecule has 19 heavy (non-hydrogen) atoms. The summed E-state index contributed by atoms with van der Waals surface area (Å²) in [6, 6.07) is 0.708. The van der Waals surface area contributed by atoms with Crippen LogP contribution in [0.15, 0.2) is 0 Å². The number of amides is 1. The summed E-state index contributed by atoms with van der Waals surface area (Å²) in [5.41, 5.74) is 0. The lowest BCUT2D eigenvalue weighted by atomic mass is 9.95. The number of carboxylic acid groups (broad SMARTS) is 1. The smallest absolute Gasteiger partial charge is 0.307 e. The summed E-state index contributed by atoms with van der Waals surface area (Å²) in [6.45, 7) is 4.66. The lowest BCUT2D eigenvalue weighted by molar-refractivity contribution is -0.146. The number of carbonyl (C=O) groups excluding carboxylic acids is 1. The Hall–Kier alpha value is -1.10. The van der Waals surface area contributed by atoms with E-state index in [1.54, 1.807) is 0 Å². The van der Waals surface area contributed by atoms with Crippen molar-refractivity contribution in [2.24, 2.45) is 11.8 Å². The van der Waals surface area contributed by atoms with Crippen molar-refractivity contribution in [3.8, 4) is 0 Å². The third-order valence-electron chi connectivity index (χ3n) is 4.34. The lowest BCUT2D eigenvalue weighted by Gasteiger charge is -2.21. The second kappa shape index (κ2) is 6.37. The number of carbonyl (C=O) groups is 2. The van der Waals surface area contributed by atoms with E-state index in [-0.39, 0.29) is 11.8 Å². The quantitative estimate of drug-likeness (QED) is 0.725. The Bertz CT molecular complexity index is 342. The van der Waals surface area contributed by atoms with Crippen LogP contribution in [-0.4, -0.2) is 47.6 Å². The molecule has 2 saturated carbocycles. The van der Waals surface area contributed by atoms with E-state index >= 15 is 0 Å². The largest absolute Gasteiger partial charge is 0.481 e. The van der Waals surface area contributed by atoms with E-state index in [2.05, 4.69) is 17.1 Å². The van der Waals surface area contributed by atoms with E-state index < -0.39 is 11.9 Å². The summed E-state index contributed by atoms with van der Waals surface area (Å²) >= 11 is 0. The summed E-state index contributed by atoms with van der Waals surface area (Å²) < 4.78 is 0. The predicted octanol–water partition coefficient (Wildman–Crippen LogP) is 1.09. The zero-order valence-electron chi connectivity index (χ0n) is 11.6. The van der Waals surface area contributed by atoms with Gasteiger partial charge in [0.15, 0.2) is 0 Å². The molecule has 5 nitrogen and oxygen atoms in total. The van der Waals surface area contributed by atoms with E-state index in [1.165, 1.54) is 12.8 Å². The van der Waals surface area contributed by atoms with Gasteiger partial charge in [0.05, 0.1) is 11.8 Å². The number of hydrogen-bond acceptors (Lipinski definition) is 3. The summed E-state index contributed by atoms with van der Waals surface area (Å²) in [5, 5.41) is 12.0. The SMILES string of the molecule is CCN(CCNC(=O)[C@@H]1CCC[C@@H]1C(=O)O)C1CC1. The Morgan fingerprint density at radius 3 is 2.47 bits per heavy atom. The first kappa shape index (κ1) is 14.3. The summed E-state index contributed by atoms with van der Waals surface area (Å²) in [6.07, 6.45) is 4.73. The summed E-state index contributed by atoms with van der Waals surface area (Å²) in [5.74, 6) is -1.71. The van der Waals surface area contributed by atoms with Crippen molar-refractivity contribution in [2.45, 2.75) is 45.1 Å².